The number of amides is 3. The van der Waals surface area contributed by atoms with Gasteiger partial charge in [-0.1, -0.05) is 12.1 Å². The minimum absolute atomic E-state index is 0.229. The monoisotopic (exact) mass is 297 g/mol. The summed E-state index contributed by atoms with van der Waals surface area (Å²) in [6.07, 6.45) is 2.21. The van der Waals surface area contributed by atoms with Crippen LogP contribution in [0.15, 0.2) is 30.5 Å². The number of hydrogen-bond acceptors (Lipinski definition) is 4. The molecule has 6 heteroatoms. The van der Waals surface area contributed by atoms with E-state index in [1.165, 1.54) is 0 Å². The summed E-state index contributed by atoms with van der Waals surface area (Å²) < 4.78 is 0. The van der Waals surface area contributed by atoms with E-state index in [9.17, 15) is 14.4 Å². The minimum atomic E-state index is -0.684. The lowest BCUT2D eigenvalue weighted by Gasteiger charge is -2.22. The number of rotatable bonds is 2. The Morgan fingerprint density at radius 2 is 2.14 bits per heavy atom. The Morgan fingerprint density at radius 3 is 2.91 bits per heavy atom. The van der Waals surface area contributed by atoms with Crippen molar-refractivity contribution in [3.63, 3.8) is 0 Å². The lowest BCUT2D eigenvalue weighted by Crippen LogP contribution is -2.52. The van der Waals surface area contributed by atoms with E-state index in [0.29, 0.717) is 12.0 Å². The fraction of sp³-hybridized carbons (Fsp3) is 0.250. The zero-order valence-electron chi connectivity index (χ0n) is 12.1. The summed E-state index contributed by atoms with van der Waals surface area (Å²) in [5, 5.41) is 5.68. The highest BCUT2D eigenvalue weighted by Crippen LogP contribution is 2.21. The van der Waals surface area contributed by atoms with E-state index in [2.05, 4.69) is 15.6 Å². The molecular formula is C16H15N3O3. The van der Waals surface area contributed by atoms with E-state index in [1.807, 2.05) is 25.1 Å². The quantitative estimate of drug-likeness (QED) is 0.812. The van der Waals surface area contributed by atoms with Gasteiger partial charge < -0.3 is 5.32 Å². The molecule has 1 aromatic heterocycles. The van der Waals surface area contributed by atoms with Gasteiger partial charge >= 0.3 is 0 Å². The molecule has 2 heterocycles. The molecule has 2 N–H and O–H groups in total. The maximum Gasteiger partial charge on any atom is 0.252 e. The summed E-state index contributed by atoms with van der Waals surface area (Å²) in [5.74, 6) is -1.09. The predicted octanol–water partition coefficient (Wildman–Crippen LogP) is 1.08. The van der Waals surface area contributed by atoms with Crippen molar-refractivity contribution in [2.75, 3.05) is 0 Å². The maximum atomic E-state index is 12.6. The number of hydrogen-bond donors (Lipinski definition) is 2. The second kappa shape index (κ2) is 5.55. The van der Waals surface area contributed by atoms with Crippen LogP contribution in [0.4, 0.5) is 0 Å². The topological polar surface area (TPSA) is 88.2 Å². The third-order valence-corrected chi connectivity index (χ3v) is 3.76. The van der Waals surface area contributed by atoms with Crippen LogP contribution in [-0.4, -0.2) is 28.7 Å². The summed E-state index contributed by atoms with van der Waals surface area (Å²) in [6, 6.07) is 6.60. The van der Waals surface area contributed by atoms with Crippen LogP contribution in [0, 0.1) is 6.92 Å². The molecule has 1 saturated heterocycles. The number of carbonyl (C=O) groups excluding carboxylic acids is 3. The zero-order valence-corrected chi connectivity index (χ0v) is 12.1. The number of carbonyl (C=O) groups is 3. The Labute approximate surface area is 126 Å². The third-order valence-electron chi connectivity index (χ3n) is 3.76. The number of pyridine rings is 1. The number of piperidine rings is 1. The minimum Gasteiger partial charge on any atom is -0.340 e. The van der Waals surface area contributed by atoms with Gasteiger partial charge in [0.05, 0.1) is 11.1 Å². The van der Waals surface area contributed by atoms with Crippen molar-refractivity contribution in [1.82, 2.24) is 15.6 Å². The van der Waals surface area contributed by atoms with Crippen molar-refractivity contribution in [3.8, 4) is 0 Å². The van der Waals surface area contributed by atoms with Crippen LogP contribution >= 0.6 is 0 Å². The van der Waals surface area contributed by atoms with Gasteiger partial charge in [0.15, 0.2) is 0 Å². The molecule has 22 heavy (non-hydrogen) atoms. The van der Waals surface area contributed by atoms with Gasteiger partial charge in [-0.15, -0.1) is 0 Å². The van der Waals surface area contributed by atoms with E-state index >= 15 is 0 Å². The Bertz CT molecular complexity index is 785. The fourth-order valence-corrected chi connectivity index (χ4v) is 2.62. The molecule has 3 amide bonds. The number of nitrogens with zero attached hydrogens (tertiary/aromatic N) is 1. The number of benzene rings is 1. The van der Waals surface area contributed by atoms with Gasteiger partial charge in [-0.05, 0) is 31.0 Å². The first-order chi connectivity index (χ1) is 10.6. The third kappa shape index (κ3) is 2.55. The molecule has 6 nitrogen and oxygen atoms in total. The standard InChI is InChI=1S/C16H15N3O3/c1-9-4-5-11-10(3-2-8-17-11)14(9)16(22)18-12-6-7-13(20)19-15(12)21/h2-5,8,12H,6-7H2,1H3,(H,18,22)(H,19,20,21). The summed E-state index contributed by atoms with van der Waals surface area (Å²) in [7, 11) is 0. The highest BCUT2D eigenvalue weighted by Gasteiger charge is 2.28. The molecule has 0 bridgehead atoms. The Balaban J connectivity index is 1.91. The maximum absolute atomic E-state index is 12.6. The van der Waals surface area contributed by atoms with Gasteiger partial charge in [0, 0.05) is 18.0 Å². The number of aromatic nitrogens is 1. The van der Waals surface area contributed by atoms with Crippen molar-refractivity contribution in [2.24, 2.45) is 0 Å². The molecule has 1 unspecified atom stereocenters. The second-order valence-electron chi connectivity index (χ2n) is 5.30. The van der Waals surface area contributed by atoms with Crippen molar-refractivity contribution in [3.05, 3.63) is 41.6 Å². The Kier molecular flexibility index (Phi) is 3.58. The van der Waals surface area contributed by atoms with Crippen LogP contribution in [0.2, 0.25) is 0 Å². The van der Waals surface area contributed by atoms with Crippen molar-refractivity contribution in [2.45, 2.75) is 25.8 Å². The number of imide groups is 1. The first-order valence-corrected chi connectivity index (χ1v) is 7.05. The molecule has 1 aliphatic rings. The van der Waals surface area contributed by atoms with E-state index in [1.54, 1.807) is 12.3 Å². The van der Waals surface area contributed by atoms with Crippen molar-refractivity contribution < 1.29 is 14.4 Å². The molecule has 3 rings (SSSR count). The molecule has 0 spiro atoms. The second-order valence-corrected chi connectivity index (χ2v) is 5.30. The molecular weight excluding hydrogens is 282 g/mol. The van der Waals surface area contributed by atoms with E-state index in [4.69, 9.17) is 0 Å². The average Bonchev–Trinajstić information content (AvgIpc) is 2.50. The molecule has 0 radical (unpaired) electrons. The van der Waals surface area contributed by atoms with Gasteiger partial charge in [0.25, 0.3) is 5.91 Å². The number of aryl methyl sites for hydroxylation is 1. The Hall–Kier alpha value is -2.76. The molecule has 2 aromatic rings. The summed E-state index contributed by atoms with van der Waals surface area (Å²) in [6.45, 7) is 1.84. The highest BCUT2D eigenvalue weighted by molar-refractivity contribution is 6.09. The number of fused-ring (bicyclic) bond motifs is 1. The SMILES string of the molecule is Cc1ccc2ncccc2c1C(=O)NC1CCC(=O)NC1=O. The lowest BCUT2D eigenvalue weighted by atomic mass is 10.0. The van der Waals surface area contributed by atoms with Gasteiger partial charge in [0.1, 0.15) is 6.04 Å². The summed E-state index contributed by atoms with van der Waals surface area (Å²) >= 11 is 0. The van der Waals surface area contributed by atoms with Crippen LogP contribution in [0.1, 0.15) is 28.8 Å². The van der Waals surface area contributed by atoms with Crippen molar-refractivity contribution >= 4 is 28.6 Å². The number of nitrogens with one attached hydrogen (secondary N) is 2. The van der Waals surface area contributed by atoms with E-state index in [0.717, 1.165) is 16.5 Å². The first-order valence-electron chi connectivity index (χ1n) is 7.05. The molecule has 1 aromatic carbocycles. The molecule has 0 aliphatic carbocycles. The average molecular weight is 297 g/mol. The summed E-state index contributed by atoms with van der Waals surface area (Å²) in [5.41, 5.74) is 2.04. The predicted molar refractivity (Wildman–Crippen MR) is 80.1 cm³/mol. The van der Waals surface area contributed by atoms with Crippen molar-refractivity contribution in [1.29, 1.82) is 0 Å². The van der Waals surface area contributed by atoms with Gasteiger partial charge in [-0.25, -0.2) is 0 Å². The van der Waals surface area contributed by atoms with Crippen LogP contribution < -0.4 is 10.6 Å². The van der Waals surface area contributed by atoms with Crippen LogP contribution in [0.25, 0.3) is 10.9 Å². The molecule has 112 valence electrons. The molecule has 1 aliphatic heterocycles. The fourth-order valence-electron chi connectivity index (χ4n) is 2.62. The smallest absolute Gasteiger partial charge is 0.252 e. The van der Waals surface area contributed by atoms with Crippen LogP contribution in [0.5, 0.6) is 0 Å². The first kappa shape index (κ1) is 14.2. The zero-order chi connectivity index (χ0) is 15.7. The molecule has 1 atom stereocenters. The normalized spacial score (nSPS) is 18.1. The van der Waals surface area contributed by atoms with Gasteiger partial charge in [-0.3, -0.25) is 24.7 Å². The Morgan fingerprint density at radius 1 is 1.32 bits per heavy atom. The lowest BCUT2D eigenvalue weighted by molar-refractivity contribution is -0.134. The molecule has 0 saturated carbocycles. The largest absolute Gasteiger partial charge is 0.340 e. The van der Waals surface area contributed by atoms with E-state index in [-0.39, 0.29) is 18.2 Å². The van der Waals surface area contributed by atoms with Gasteiger partial charge in [-0.2, -0.15) is 0 Å². The van der Waals surface area contributed by atoms with Crippen LogP contribution in [0.3, 0.4) is 0 Å². The van der Waals surface area contributed by atoms with E-state index < -0.39 is 11.9 Å². The van der Waals surface area contributed by atoms with Crippen LogP contribution in [-0.2, 0) is 9.59 Å². The molecule has 1 fully saturated rings. The highest BCUT2D eigenvalue weighted by atomic mass is 16.2. The summed E-state index contributed by atoms with van der Waals surface area (Å²) in [4.78, 5) is 39.7. The van der Waals surface area contributed by atoms with Gasteiger partial charge in [0.2, 0.25) is 11.8 Å².